The van der Waals surface area contributed by atoms with Gasteiger partial charge in [0, 0.05) is 22.1 Å². The van der Waals surface area contributed by atoms with E-state index in [2.05, 4.69) is 20.9 Å². The van der Waals surface area contributed by atoms with Crippen LogP contribution in [-0.4, -0.2) is 35.3 Å². The van der Waals surface area contributed by atoms with Gasteiger partial charge < -0.3 is 4.90 Å². The smallest absolute Gasteiger partial charge is 0.256 e. The lowest BCUT2D eigenvalue weighted by Gasteiger charge is -2.22. The van der Waals surface area contributed by atoms with Crippen LogP contribution >= 0.6 is 27.7 Å². The Labute approximate surface area is 152 Å². The predicted molar refractivity (Wildman–Crippen MR) is 94.7 cm³/mol. The Morgan fingerprint density at radius 1 is 1.29 bits per heavy atom. The first kappa shape index (κ1) is 18.9. The van der Waals surface area contributed by atoms with Crippen molar-refractivity contribution in [3.63, 3.8) is 0 Å². The minimum absolute atomic E-state index is 0.292. The number of carbonyl (C=O) groups is 1. The highest BCUT2D eigenvalue weighted by Gasteiger charge is 2.22. The fourth-order valence-electron chi connectivity index (χ4n) is 2.13. The molecule has 0 atom stereocenters. The highest BCUT2D eigenvalue weighted by molar-refractivity contribution is 9.10. The van der Waals surface area contributed by atoms with Crippen LogP contribution in [0.5, 0.6) is 0 Å². The maximum atomic E-state index is 12.8. The van der Waals surface area contributed by atoms with E-state index >= 15 is 0 Å². The van der Waals surface area contributed by atoms with E-state index in [1.165, 1.54) is 16.7 Å². The van der Waals surface area contributed by atoms with Crippen LogP contribution in [0.25, 0.3) is 0 Å². The third-order valence-corrected chi connectivity index (χ3v) is 4.72. The molecule has 0 aliphatic heterocycles. The van der Waals surface area contributed by atoms with E-state index in [0.29, 0.717) is 23.6 Å². The van der Waals surface area contributed by atoms with Gasteiger partial charge in [-0.2, -0.15) is 0 Å². The quantitative estimate of drug-likeness (QED) is 0.630. The first-order chi connectivity index (χ1) is 11.5. The van der Waals surface area contributed by atoms with Crippen molar-refractivity contribution < 1.29 is 13.6 Å². The van der Waals surface area contributed by atoms with Crippen LogP contribution in [0.3, 0.4) is 0 Å². The van der Waals surface area contributed by atoms with Gasteiger partial charge in [-0.1, -0.05) is 34.6 Å². The highest BCUT2D eigenvalue weighted by atomic mass is 79.9. The van der Waals surface area contributed by atoms with E-state index < -0.39 is 18.9 Å². The van der Waals surface area contributed by atoms with Crippen molar-refractivity contribution >= 4 is 33.6 Å². The summed E-state index contributed by atoms with van der Waals surface area (Å²) in [6, 6.07) is 10.9. The Morgan fingerprint density at radius 2 is 2.00 bits per heavy atom. The third kappa shape index (κ3) is 5.27. The summed E-state index contributed by atoms with van der Waals surface area (Å²) in [7, 11) is 0. The van der Waals surface area contributed by atoms with Crippen molar-refractivity contribution in [2.45, 2.75) is 29.7 Å². The molecular formula is C17H17BrF2N2OS. The van der Waals surface area contributed by atoms with Gasteiger partial charge in [0.1, 0.15) is 5.03 Å². The lowest BCUT2D eigenvalue weighted by atomic mass is 10.2. The van der Waals surface area contributed by atoms with Crippen molar-refractivity contribution in [3.05, 3.63) is 52.6 Å². The molecule has 7 heteroatoms. The van der Waals surface area contributed by atoms with Gasteiger partial charge in [0.25, 0.3) is 12.3 Å². The molecule has 0 unspecified atom stereocenters. The summed E-state index contributed by atoms with van der Waals surface area (Å²) in [5.41, 5.74) is 0.347. The molecule has 128 valence electrons. The molecule has 2 aromatic rings. The number of alkyl halides is 2. The number of aromatic nitrogens is 1. The largest absolute Gasteiger partial charge is 0.333 e. The molecule has 0 N–H and O–H groups in total. The van der Waals surface area contributed by atoms with Crippen LogP contribution in [0.1, 0.15) is 23.7 Å². The van der Waals surface area contributed by atoms with Crippen molar-refractivity contribution in [2.24, 2.45) is 0 Å². The molecule has 1 aromatic heterocycles. The van der Waals surface area contributed by atoms with Crippen molar-refractivity contribution in [2.75, 3.05) is 13.1 Å². The molecule has 24 heavy (non-hydrogen) atoms. The van der Waals surface area contributed by atoms with Crippen LogP contribution in [0.4, 0.5) is 8.78 Å². The van der Waals surface area contributed by atoms with Crippen molar-refractivity contribution in [1.82, 2.24) is 9.88 Å². The van der Waals surface area contributed by atoms with Gasteiger partial charge in [-0.15, -0.1) is 0 Å². The van der Waals surface area contributed by atoms with Crippen LogP contribution < -0.4 is 0 Å². The number of hydrogen-bond donors (Lipinski definition) is 0. The molecule has 1 aromatic carbocycles. The molecule has 0 radical (unpaired) electrons. The summed E-state index contributed by atoms with van der Waals surface area (Å²) < 4.78 is 26.5. The summed E-state index contributed by atoms with van der Waals surface area (Å²) in [6.07, 6.45) is -0.344. The number of benzene rings is 1. The fourth-order valence-corrected chi connectivity index (χ4v) is 3.27. The SMILES string of the molecule is CCCN(CC(F)F)C(=O)c1cccnc1Sc1ccc(Br)cc1. The summed E-state index contributed by atoms with van der Waals surface area (Å²) in [5, 5.41) is 0.514. The van der Waals surface area contributed by atoms with Gasteiger partial charge in [0.05, 0.1) is 12.1 Å². The monoisotopic (exact) mass is 414 g/mol. The molecule has 0 bridgehead atoms. The van der Waals surface area contributed by atoms with E-state index in [0.717, 1.165) is 9.37 Å². The molecule has 0 saturated carbocycles. The number of rotatable bonds is 7. The molecule has 0 aliphatic carbocycles. The zero-order chi connectivity index (χ0) is 17.5. The summed E-state index contributed by atoms with van der Waals surface area (Å²) in [4.78, 5) is 19.0. The molecule has 1 heterocycles. The molecular weight excluding hydrogens is 398 g/mol. The highest BCUT2D eigenvalue weighted by Crippen LogP contribution is 2.30. The van der Waals surface area contributed by atoms with E-state index in [1.54, 1.807) is 18.3 Å². The average molecular weight is 415 g/mol. The Morgan fingerprint density at radius 3 is 2.62 bits per heavy atom. The Hall–Kier alpha value is -1.47. The maximum Gasteiger partial charge on any atom is 0.256 e. The predicted octanol–water partition coefficient (Wildman–Crippen LogP) is 5.11. The molecule has 1 amide bonds. The number of pyridine rings is 1. The van der Waals surface area contributed by atoms with Crippen LogP contribution in [0.2, 0.25) is 0 Å². The van der Waals surface area contributed by atoms with E-state index in [1.807, 2.05) is 31.2 Å². The minimum Gasteiger partial charge on any atom is -0.333 e. The van der Waals surface area contributed by atoms with Crippen LogP contribution in [0, 0.1) is 0 Å². The lowest BCUT2D eigenvalue weighted by Crippen LogP contribution is -2.36. The third-order valence-electron chi connectivity index (χ3n) is 3.17. The summed E-state index contributed by atoms with van der Waals surface area (Å²) in [6.45, 7) is 1.58. The Kier molecular flexibility index (Phi) is 7.17. The number of nitrogens with zero attached hydrogens (tertiary/aromatic N) is 2. The molecule has 3 nitrogen and oxygen atoms in total. The van der Waals surface area contributed by atoms with Crippen LogP contribution in [-0.2, 0) is 0 Å². The van der Waals surface area contributed by atoms with Gasteiger partial charge >= 0.3 is 0 Å². The first-order valence-corrected chi connectivity index (χ1v) is 9.08. The topological polar surface area (TPSA) is 33.2 Å². The van der Waals surface area contributed by atoms with Gasteiger partial charge in [-0.05, 0) is 42.8 Å². The lowest BCUT2D eigenvalue weighted by molar-refractivity contribution is 0.0551. The maximum absolute atomic E-state index is 12.8. The molecule has 0 fully saturated rings. The van der Waals surface area contributed by atoms with Gasteiger partial charge in [0.15, 0.2) is 0 Å². The second-order valence-corrected chi connectivity index (χ2v) is 7.03. The van der Waals surface area contributed by atoms with Gasteiger partial charge in [-0.3, -0.25) is 4.79 Å². The summed E-state index contributed by atoms with van der Waals surface area (Å²) in [5.74, 6) is -0.412. The molecule has 0 saturated heterocycles. The van der Waals surface area contributed by atoms with Gasteiger partial charge in [-0.25, -0.2) is 13.8 Å². The van der Waals surface area contributed by atoms with Crippen LogP contribution in [0.15, 0.2) is 57.0 Å². The fraction of sp³-hybridized carbons (Fsp3) is 0.294. The molecule has 0 aliphatic rings. The summed E-state index contributed by atoms with van der Waals surface area (Å²) >= 11 is 4.71. The normalized spacial score (nSPS) is 10.9. The van der Waals surface area contributed by atoms with E-state index in [4.69, 9.17) is 0 Å². The second-order valence-electron chi connectivity index (χ2n) is 5.05. The standard InChI is InChI=1S/C17H17BrF2N2OS/c1-2-10-22(11-15(19)20)17(23)14-4-3-9-21-16(14)24-13-7-5-12(18)6-8-13/h3-9,15H,2,10-11H2,1H3. The minimum atomic E-state index is -2.56. The zero-order valence-electron chi connectivity index (χ0n) is 13.1. The average Bonchev–Trinajstić information content (AvgIpc) is 2.56. The number of hydrogen-bond acceptors (Lipinski definition) is 3. The van der Waals surface area contributed by atoms with E-state index in [9.17, 15) is 13.6 Å². The Balaban J connectivity index is 2.26. The first-order valence-electron chi connectivity index (χ1n) is 7.47. The number of carbonyl (C=O) groups excluding carboxylic acids is 1. The molecule has 2 rings (SSSR count). The van der Waals surface area contributed by atoms with Gasteiger partial charge in [0.2, 0.25) is 0 Å². The van der Waals surface area contributed by atoms with Crippen molar-refractivity contribution in [3.8, 4) is 0 Å². The van der Waals surface area contributed by atoms with Crippen molar-refractivity contribution in [1.29, 1.82) is 0 Å². The Bertz CT molecular complexity index is 683. The zero-order valence-corrected chi connectivity index (χ0v) is 15.5. The van der Waals surface area contributed by atoms with E-state index in [-0.39, 0.29) is 0 Å². The number of halogens is 3. The second kappa shape index (κ2) is 9.13. The molecule has 0 spiro atoms. The number of amides is 1.